The summed E-state index contributed by atoms with van der Waals surface area (Å²) in [5.74, 6) is -1.22. The number of nitrogens with zero attached hydrogens (tertiary/aromatic N) is 6. The van der Waals surface area contributed by atoms with Crippen LogP contribution in [0.3, 0.4) is 0 Å². The maximum absolute atomic E-state index is 14.3. The van der Waals surface area contributed by atoms with Gasteiger partial charge in [0, 0.05) is 43.0 Å². The number of fused-ring (bicyclic) bond motifs is 1. The van der Waals surface area contributed by atoms with E-state index in [0.29, 0.717) is 52.3 Å². The maximum atomic E-state index is 14.3. The second-order valence-electron chi connectivity index (χ2n) is 20.3. The summed E-state index contributed by atoms with van der Waals surface area (Å²) in [7, 11) is 3.16. The molecule has 0 aliphatic heterocycles. The molecule has 2 unspecified atom stereocenters. The molecule has 2 atom stereocenters. The molecule has 4 rings (SSSR count). The summed E-state index contributed by atoms with van der Waals surface area (Å²) in [6, 6.07) is 17.4. The number of ether oxygens (including phenoxy) is 3. The number of aliphatic imine (C=N–C) groups is 1. The second-order valence-corrected chi connectivity index (χ2v) is 21.7. The lowest BCUT2D eigenvalue weighted by molar-refractivity contribution is -0.870. The summed E-state index contributed by atoms with van der Waals surface area (Å²) in [6.07, 6.45) is 19.3. The highest BCUT2D eigenvalue weighted by molar-refractivity contribution is 7.47. The molecule has 0 saturated carbocycles. The number of unbranched alkanes of at least 4 members (excludes halogenated alkanes) is 14. The summed E-state index contributed by atoms with van der Waals surface area (Å²) >= 11 is 0. The number of quaternary nitrogens is 1. The Labute approximate surface area is 450 Å². The second kappa shape index (κ2) is 34.1. The quantitative estimate of drug-likeness (QED) is 0.00720. The number of aryl methyl sites for hydroxylation is 1. The number of pyridine rings is 1. The number of imidazole rings is 1. The predicted octanol–water partition coefficient (Wildman–Crippen LogP) is 10.7. The van der Waals surface area contributed by atoms with E-state index in [-0.39, 0.29) is 58.3 Å². The van der Waals surface area contributed by atoms with E-state index in [9.17, 15) is 28.6 Å². The third-order valence-corrected chi connectivity index (χ3v) is 13.7. The van der Waals surface area contributed by atoms with E-state index in [1.165, 1.54) is 69.1 Å². The molecule has 19 nitrogen and oxygen atoms in total. The molecule has 0 aliphatic carbocycles. The SMILES string of the molecule is CCCCCCCCCCCCCCCCC(=O)OCC(COC(=O)CCN(C(=O)c1ccc2c(c1)nc(CNc1ccc(/C(N)=N/C(=O)OCCCC)cc1)n2C)c1ccccn1)COP(=O)(O)OCC[N+](C)(C)C. The number of hydrogen-bond donors (Lipinski definition) is 3. The first kappa shape index (κ1) is 62.8. The van der Waals surface area contributed by atoms with Crippen LogP contribution in [-0.2, 0) is 51.0 Å². The van der Waals surface area contributed by atoms with Crippen LogP contribution in [0.1, 0.15) is 151 Å². The van der Waals surface area contributed by atoms with E-state index >= 15 is 0 Å². The fourth-order valence-electron chi connectivity index (χ4n) is 8.01. The number of esters is 2. The topological polar surface area (TPSA) is 236 Å². The minimum absolute atomic E-state index is 0.0302. The monoisotopic (exact) mass is 1080 g/mol. The Hall–Kier alpha value is -5.72. The van der Waals surface area contributed by atoms with Crippen molar-refractivity contribution in [3.63, 3.8) is 0 Å². The highest BCUT2D eigenvalue weighted by atomic mass is 31.2. The van der Waals surface area contributed by atoms with E-state index in [4.69, 9.17) is 34.0 Å². The molecule has 76 heavy (non-hydrogen) atoms. The van der Waals surface area contributed by atoms with Crippen LogP contribution in [0.25, 0.3) is 11.0 Å². The van der Waals surface area contributed by atoms with Crippen molar-refractivity contribution in [1.29, 1.82) is 0 Å². The molecule has 2 aromatic heterocycles. The van der Waals surface area contributed by atoms with Crippen molar-refractivity contribution in [2.45, 2.75) is 136 Å². The van der Waals surface area contributed by atoms with Gasteiger partial charge in [-0.15, -0.1) is 0 Å². The van der Waals surface area contributed by atoms with Crippen LogP contribution in [0.5, 0.6) is 0 Å². The first-order valence-electron chi connectivity index (χ1n) is 27.3. The van der Waals surface area contributed by atoms with E-state index < -0.39 is 37.7 Å². The lowest BCUT2D eigenvalue weighted by atomic mass is 10.0. The van der Waals surface area contributed by atoms with Gasteiger partial charge in [-0.2, -0.15) is 4.99 Å². The van der Waals surface area contributed by atoms with E-state index in [1.807, 2.05) is 57.9 Å². The lowest BCUT2D eigenvalue weighted by Gasteiger charge is -2.24. The number of rotatable bonds is 38. The van der Waals surface area contributed by atoms with Gasteiger partial charge >= 0.3 is 25.9 Å². The van der Waals surface area contributed by atoms with Gasteiger partial charge in [0.1, 0.15) is 30.6 Å². The third-order valence-electron chi connectivity index (χ3n) is 12.7. The number of likely N-dealkylation sites (N-methyl/N-ethyl adjacent to an activating group) is 1. The number of amides is 2. The van der Waals surface area contributed by atoms with Crippen LogP contribution in [0, 0.1) is 5.92 Å². The fourth-order valence-corrected chi connectivity index (χ4v) is 8.80. The number of amidine groups is 1. The van der Waals surface area contributed by atoms with Crippen molar-refractivity contribution in [1.82, 2.24) is 14.5 Å². The first-order chi connectivity index (χ1) is 36.5. The molecule has 4 aromatic rings. The zero-order valence-corrected chi connectivity index (χ0v) is 46.9. The summed E-state index contributed by atoms with van der Waals surface area (Å²) < 4.78 is 42.0. The number of phosphoric ester groups is 1. The molecule has 0 fully saturated rings. The van der Waals surface area contributed by atoms with Crippen molar-refractivity contribution >= 4 is 60.1 Å². The van der Waals surface area contributed by atoms with Crippen molar-refractivity contribution in [2.75, 3.05) is 77.5 Å². The van der Waals surface area contributed by atoms with Gasteiger partial charge < -0.3 is 39.2 Å². The summed E-state index contributed by atoms with van der Waals surface area (Å²) in [5.41, 5.74) is 9.07. The van der Waals surface area contributed by atoms with Crippen LogP contribution in [0.4, 0.5) is 16.3 Å². The zero-order valence-electron chi connectivity index (χ0n) is 46.1. The van der Waals surface area contributed by atoms with Crippen LogP contribution in [0.15, 0.2) is 71.9 Å². The highest BCUT2D eigenvalue weighted by Gasteiger charge is 2.27. The fraction of sp³-hybridized carbons (Fsp3) is 0.589. The predicted molar refractivity (Wildman–Crippen MR) is 297 cm³/mol. The van der Waals surface area contributed by atoms with Gasteiger partial charge in [-0.1, -0.05) is 110 Å². The molecule has 0 bridgehead atoms. The lowest BCUT2D eigenvalue weighted by Crippen LogP contribution is -2.37. The Bertz CT molecular complexity index is 2450. The smallest absolute Gasteiger partial charge is 0.465 e. The maximum Gasteiger partial charge on any atom is 0.472 e. The molecule has 0 saturated heterocycles. The minimum atomic E-state index is -4.49. The number of hydrogen-bond acceptors (Lipinski definition) is 13. The van der Waals surface area contributed by atoms with E-state index in [1.54, 1.807) is 48.7 Å². The molecule has 0 radical (unpaired) electrons. The number of nitrogens with one attached hydrogen (secondary N) is 1. The number of phosphoric acid groups is 1. The number of anilines is 2. The van der Waals surface area contributed by atoms with Gasteiger partial charge in [-0.05, 0) is 67.4 Å². The number of benzene rings is 2. The molecule has 0 aliphatic rings. The zero-order chi connectivity index (χ0) is 55.2. The standard InChI is InChI=1S/C56H85N8O11P/c1-7-9-11-12-13-14-15-16-17-18-19-20-21-22-26-52(65)72-41-44(43-75-76(69,70)74-38-36-64(4,5)6)42-73-53(66)33-35-63(50-25-23-24-34-58-50)55(67)46-29-32-49-48(39-46)60-51(62(49)3)40-59-47-30-27-45(28-31-47)54(57)61-56(68)71-37-10-8-2/h23-25,27-32,34,39,44H,7-22,26,33,35-38,40-43H2,1-6H3,(H3-,57,59,61,68,69,70)/p+1. The van der Waals surface area contributed by atoms with Crippen LogP contribution in [0.2, 0.25) is 0 Å². The molecule has 2 heterocycles. The number of aromatic nitrogens is 3. The molecule has 4 N–H and O–H groups in total. The molecule has 0 spiro atoms. The van der Waals surface area contributed by atoms with Gasteiger partial charge in [0.05, 0.1) is 77.5 Å². The van der Waals surface area contributed by atoms with Crippen LogP contribution >= 0.6 is 7.82 Å². The molecular weight excluding hydrogens is 992 g/mol. The Morgan fingerprint density at radius 3 is 1.96 bits per heavy atom. The van der Waals surface area contributed by atoms with Gasteiger partial charge in [0.15, 0.2) is 0 Å². The van der Waals surface area contributed by atoms with E-state index in [0.717, 1.165) is 43.3 Å². The van der Waals surface area contributed by atoms with Crippen molar-refractivity contribution in [2.24, 2.45) is 23.7 Å². The number of carbonyl (C=O) groups excluding carboxylic acids is 4. The van der Waals surface area contributed by atoms with Crippen LogP contribution < -0.4 is 16.0 Å². The van der Waals surface area contributed by atoms with Crippen molar-refractivity contribution in [3.05, 3.63) is 83.8 Å². The summed E-state index contributed by atoms with van der Waals surface area (Å²) in [6.45, 7) is 4.32. The Morgan fingerprint density at radius 2 is 1.36 bits per heavy atom. The Morgan fingerprint density at radius 1 is 0.750 bits per heavy atom. The summed E-state index contributed by atoms with van der Waals surface area (Å²) in [5, 5.41) is 3.34. The summed E-state index contributed by atoms with van der Waals surface area (Å²) in [4.78, 5) is 77.3. The van der Waals surface area contributed by atoms with Gasteiger partial charge in [0.25, 0.3) is 5.91 Å². The Kier molecular flexibility index (Phi) is 28.2. The number of carbonyl (C=O) groups is 4. The average Bonchev–Trinajstić information content (AvgIpc) is 3.71. The number of nitrogens with two attached hydrogens (primary N) is 1. The average molecular weight is 1080 g/mol. The van der Waals surface area contributed by atoms with Gasteiger partial charge in [0.2, 0.25) is 0 Å². The van der Waals surface area contributed by atoms with Crippen molar-refractivity contribution in [3.8, 4) is 0 Å². The van der Waals surface area contributed by atoms with Gasteiger partial charge in [-0.25, -0.2) is 19.3 Å². The largest absolute Gasteiger partial charge is 0.472 e. The first-order valence-corrected chi connectivity index (χ1v) is 28.7. The third kappa shape index (κ3) is 24.5. The molecule has 420 valence electrons. The minimum Gasteiger partial charge on any atom is -0.465 e. The van der Waals surface area contributed by atoms with Crippen molar-refractivity contribution < 1.29 is 56.4 Å². The molecule has 2 aromatic carbocycles. The van der Waals surface area contributed by atoms with Gasteiger partial charge in [-0.3, -0.25) is 28.3 Å². The molecule has 2 amide bonds. The molecular formula is C56H86N8O11P+. The van der Waals surface area contributed by atoms with Crippen LogP contribution in [-0.4, -0.2) is 121 Å². The van der Waals surface area contributed by atoms with E-state index in [2.05, 4.69) is 22.2 Å². The molecule has 20 heteroatoms. The normalized spacial score (nSPS) is 13.0. The highest BCUT2D eigenvalue weighted by Crippen LogP contribution is 2.43. The Balaban J connectivity index is 1.31.